The zero-order chi connectivity index (χ0) is 39.2. The van der Waals surface area contributed by atoms with Gasteiger partial charge in [-0.3, -0.25) is 9.62 Å². The molecule has 2 unspecified atom stereocenters. The number of aromatic nitrogens is 3. The summed E-state index contributed by atoms with van der Waals surface area (Å²) in [7, 11) is -10.9. The molecule has 4 saturated heterocycles. The second-order valence-corrected chi connectivity index (χ2v) is 22.6. The highest BCUT2D eigenvalue weighted by molar-refractivity contribution is 7.93. The van der Waals surface area contributed by atoms with Gasteiger partial charge in [0.1, 0.15) is 21.5 Å². The third-order valence-corrected chi connectivity index (χ3v) is 18.0. The van der Waals surface area contributed by atoms with E-state index < -0.39 is 57.7 Å². The van der Waals surface area contributed by atoms with Crippen molar-refractivity contribution in [3.05, 3.63) is 66.1 Å². The van der Waals surface area contributed by atoms with Crippen molar-refractivity contribution in [2.24, 2.45) is 5.41 Å². The summed E-state index contributed by atoms with van der Waals surface area (Å²) in [5.41, 5.74) is -0.183. The maximum absolute atomic E-state index is 16.6. The number of piperazine rings is 1. The van der Waals surface area contributed by atoms with Gasteiger partial charge in [0.2, 0.25) is 5.95 Å². The van der Waals surface area contributed by atoms with Gasteiger partial charge in [-0.1, -0.05) is 23.5 Å². The molecule has 6 heterocycles. The summed E-state index contributed by atoms with van der Waals surface area (Å²) < 4.78 is 122. The van der Waals surface area contributed by atoms with Crippen LogP contribution in [0.25, 0.3) is 21.8 Å². The average molecular weight is 850 g/mol. The molecule has 4 aromatic rings. The minimum atomic E-state index is -4.89. The number of nitrogens with one attached hydrogen (secondary N) is 2. The maximum atomic E-state index is 16.6. The van der Waals surface area contributed by atoms with Gasteiger partial charge in [-0.05, 0) is 68.9 Å². The Morgan fingerprint density at radius 3 is 2.14 bits per heavy atom. The van der Waals surface area contributed by atoms with E-state index in [1.807, 2.05) is 4.72 Å². The zero-order valence-electron chi connectivity index (χ0n) is 29.9. The van der Waals surface area contributed by atoms with Gasteiger partial charge >= 0.3 is 0 Å². The van der Waals surface area contributed by atoms with Crippen LogP contribution in [0.2, 0.25) is 0 Å². The third-order valence-electron chi connectivity index (χ3n) is 11.7. The molecule has 2 aromatic heterocycles. The number of sulfonamides is 1. The molecular formula is C36H38F3N7O6S4. The van der Waals surface area contributed by atoms with Crippen LogP contribution in [0.5, 0.6) is 0 Å². The first-order valence-corrected chi connectivity index (χ1v) is 24.3. The number of thiazole rings is 1. The molecule has 5 aliphatic rings. The molecule has 2 aromatic carbocycles. The van der Waals surface area contributed by atoms with Gasteiger partial charge in [0.25, 0.3) is 10.0 Å². The smallest absolute Gasteiger partial charge is 0.267 e. The van der Waals surface area contributed by atoms with E-state index in [4.69, 9.17) is 9.97 Å². The molecule has 2 N–H and O–H groups in total. The molecule has 5 fully saturated rings. The van der Waals surface area contributed by atoms with Gasteiger partial charge in [0.15, 0.2) is 25.7 Å². The Labute approximate surface area is 326 Å². The quantitative estimate of drug-likeness (QED) is 0.238. The number of fused-ring (bicyclic) bond motifs is 2. The van der Waals surface area contributed by atoms with Crippen molar-refractivity contribution in [2.75, 3.05) is 51.0 Å². The van der Waals surface area contributed by atoms with Crippen LogP contribution in [0.1, 0.15) is 38.5 Å². The van der Waals surface area contributed by atoms with E-state index in [-0.39, 0.29) is 63.9 Å². The first-order valence-electron chi connectivity index (χ1n) is 18.4. The Kier molecular flexibility index (Phi) is 9.18. The van der Waals surface area contributed by atoms with E-state index in [1.54, 1.807) is 12.3 Å². The highest BCUT2D eigenvalue weighted by Gasteiger charge is 2.56. The second-order valence-electron chi connectivity index (χ2n) is 15.7. The van der Waals surface area contributed by atoms with Crippen molar-refractivity contribution in [1.29, 1.82) is 0 Å². The first-order chi connectivity index (χ1) is 26.6. The topological polar surface area (TPSA) is 172 Å². The molecule has 20 heteroatoms. The van der Waals surface area contributed by atoms with Crippen molar-refractivity contribution in [3.8, 4) is 21.8 Å². The van der Waals surface area contributed by atoms with Gasteiger partial charge in [-0.2, -0.15) is 0 Å². The third kappa shape index (κ3) is 6.94. The lowest BCUT2D eigenvalue weighted by Gasteiger charge is -2.53. The van der Waals surface area contributed by atoms with Crippen molar-refractivity contribution >= 4 is 57.8 Å². The van der Waals surface area contributed by atoms with Gasteiger partial charge in [0, 0.05) is 54.4 Å². The lowest BCUT2D eigenvalue weighted by Crippen LogP contribution is -2.60. The monoisotopic (exact) mass is 849 g/mol. The van der Waals surface area contributed by atoms with Crippen LogP contribution in [0.3, 0.4) is 0 Å². The molecule has 56 heavy (non-hydrogen) atoms. The van der Waals surface area contributed by atoms with Crippen LogP contribution in [-0.2, 0) is 29.7 Å². The predicted molar refractivity (Wildman–Crippen MR) is 206 cm³/mol. The number of hydrogen-bond donors (Lipinski definition) is 2. The minimum Gasteiger partial charge on any atom is -0.351 e. The number of rotatable bonds is 9. The van der Waals surface area contributed by atoms with E-state index >= 15 is 4.39 Å². The summed E-state index contributed by atoms with van der Waals surface area (Å²) in [5.74, 6) is -2.62. The van der Waals surface area contributed by atoms with Crippen molar-refractivity contribution in [2.45, 2.75) is 67.6 Å². The van der Waals surface area contributed by atoms with Gasteiger partial charge in [-0.15, -0.1) is 0 Å². The normalized spacial score (nSPS) is 24.4. The summed E-state index contributed by atoms with van der Waals surface area (Å²) in [5, 5.41) is 3.92. The molecule has 1 saturated carbocycles. The number of anilines is 3. The first kappa shape index (κ1) is 37.7. The minimum absolute atomic E-state index is 0.0186. The standard InChI is InChI=1S/C36H38F3N7O6S4/c37-26-4-2-5-27(38)33(26)56(51,52)44-28-6-1-3-25(30(28)39)31-32(29-9-12-40-34(42-29)41-21-15-36(16-21)19-55(49,50)20-36)53-35(43-31)46-23-7-8-24(46)18-45(17-23)22-10-13-54(47,48)14-11-22/h1-6,9,12,21-24,44H,7-8,10-11,13-20H2,(H,40,41,42). The van der Waals surface area contributed by atoms with E-state index in [2.05, 4.69) is 20.1 Å². The Morgan fingerprint density at radius 1 is 0.821 bits per heavy atom. The van der Waals surface area contributed by atoms with E-state index in [9.17, 15) is 34.0 Å². The number of likely N-dealkylation sites (tertiary alicyclic amines) is 1. The molecule has 298 valence electrons. The fraction of sp³-hybridized carbons (Fsp3) is 0.472. The fourth-order valence-electron chi connectivity index (χ4n) is 9.24. The van der Waals surface area contributed by atoms with Crippen molar-refractivity contribution in [3.63, 3.8) is 0 Å². The molecule has 1 spiro atoms. The predicted octanol–water partition coefficient (Wildman–Crippen LogP) is 4.70. The zero-order valence-corrected chi connectivity index (χ0v) is 33.1. The van der Waals surface area contributed by atoms with Crippen molar-refractivity contribution < 1.29 is 38.4 Å². The second kappa shape index (κ2) is 13.6. The Bertz CT molecular complexity index is 2510. The van der Waals surface area contributed by atoms with Crippen LogP contribution >= 0.6 is 11.3 Å². The molecule has 13 nitrogen and oxygen atoms in total. The summed E-state index contributed by atoms with van der Waals surface area (Å²) in [6.07, 6.45) is 5.88. The van der Waals surface area contributed by atoms with E-state index in [0.29, 0.717) is 47.3 Å². The molecule has 2 atom stereocenters. The van der Waals surface area contributed by atoms with E-state index in [1.165, 1.54) is 23.5 Å². The number of halogens is 3. The molecule has 0 radical (unpaired) electrons. The summed E-state index contributed by atoms with van der Waals surface area (Å²) >= 11 is 1.31. The lowest BCUT2D eigenvalue weighted by molar-refractivity contribution is 0.147. The number of sulfone groups is 2. The molecule has 4 aliphatic heterocycles. The lowest BCUT2D eigenvalue weighted by atomic mass is 9.67. The molecule has 2 bridgehead atoms. The van der Waals surface area contributed by atoms with Crippen LogP contribution in [0.15, 0.2) is 53.6 Å². The number of hydrogen-bond acceptors (Lipinski definition) is 13. The molecular weight excluding hydrogens is 812 g/mol. The van der Waals surface area contributed by atoms with Crippen LogP contribution in [0, 0.1) is 22.9 Å². The van der Waals surface area contributed by atoms with E-state index in [0.717, 1.165) is 50.2 Å². The largest absolute Gasteiger partial charge is 0.351 e. The fourth-order valence-corrected chi connectivity index (χ4v) is 15.4. The van der Waals surface area contributed by atoms with Crippen LogP contribution in [0.4, 0.5) is 29.9 Å². The van der Waals surface area contributed by atoms with Gasteiger partial charge in [0.05, 0.1) is 45.0 Å². The van der Waals surface area contributed by atoms with Crippen LogP contribution in [-0.4, -0.2) is 105 Å². The highest BCUT2D eigenvalue weighted by Crippen LogP contribution is 2.51. The SMILES string of the molecule is O=S1(=O)CCC(N2CC3CCC(C2)N3c2nc(-c3cccc(NS(=O)(=O)c4c(F)cccc4F)c3F)c(-c3ccnc(NC4CC5(C4)CS(=O)(=O)C5)n3)s2)CC1. The van der Waals surface area contributed by atoms with Gasteiger partial charge < -0.3 is 10.2 Å². The van der Waals surface area contributed by atoms with Crippen LogP contribution < -0.4 is 14.9 Å². The Hall–Kier alpha value is -3.85. The summed E-state index contributed by atoms with van der Waals surface area (Å²) in [6, 6.07) is 8.61. The van der Waals surface area contributed by atoms with Gasteiger partial charge in [-0.25, -0.2) is 53.4 Å². The average Bonchev–Trinajstić information content (AvgIpc) is 3.65. The maximum Gasteiger partial charge on any atom is 0.267 e. The number of nitrogens with zero attached hydrogens (tertiary/aromatic N) is 5. The Morgan fingerprint density at radius 2 is 1.48 bits per heavy atom. The Balaban J connectivity index is 1.05. The number of benzene rings is 2. The molecule has 1 aliphatic carbocycles. The summed E-state index contributed by atoms with van der Waals surface area (Å²) in [6.45, 7) is 1.44. The molecule has 0 amide bonds. The van der Waals surface area contributed by atoms with Crippen molar-refractivity contribution in [1.82, 2.24) is 19.9 Å². The molecule has 9 rings (SSSR count). The highest BCUT2D eigenvalue weighted by atomic mass is 32.2. The summed E-state index contributed by atoms with van der Waals surface area (Å²) in [4.78, 5) is 18.1.